The van der Waals surface area contributed by atoms with Gasteiger partial charge in [-0.05, 0) is 85.3 Å². The molecule has 0 aliphatic rings. The molecule has 6 heteroatoms. The molecule has 3 atom stereocenters. The van der Waals surface area contributed by atoms with Crippen LogP contribution in [-0.2, 0) is 6.42 Å². The van der Waals surface area contributed by atoms with Crippen molar-refractivity contribution in [2.75, 3.05) is 0 Å². The quantitative estimate of drug-likeness (QED) is 0.220. The van der Waals surface area contributed by atoms with E-state index in [4.69, 9.17) is 11.6 Å². The lowest BCUT2D eigenvalue weighted by Gasteiger charge is -2.36. The monoisotopic (exact) mass is 536 g/mol. The van der Waals surface area contributed by atoms with E-state index in [0.717, 1.165) is 34.2 Å². The van der Waals surface area contributed by atoms with Gasteiger partial charge in [0.15, 0.2) is 0 Å². The molecule has 0 amide bonds. The van der Waals surface area contributed by atoms with E-state index in [2.05, 4.69) is 29.4 Å². The largest absolute Gasteiger partial charge is 0.305 e. The molecule has 1 heterocycles. The number of aromatic nitrogens is 1. The summed E-state index contributed by atoms with van der Waals surface area (Å²) in [7, 11) is 0. The summed E-state index contributed by atoms with van der Waals surface area (Å²) in [4.78, 5) is 3.64. The topological polar surface area (TPSA) is 72.5 Å². The molecule has 0 fully saturated rings. The first-order chi connectivity index (χ1) is 18.7. The number of hydrogen-bond acceptors (Lipinski definition) is 4. The van der Waals surface area contributed by atoms with Gasteiger partial charge in [-0.1, -0.05) is 60.1 Å². The van der Waals surface area contributed by atoms with Crippen molar-refractivity contribution in [3.8, 4) is 23.3 Å². The van der Waals surface area contributed by atoms with Gasteiger partial charge in [-0.3, -0.25) is 0 Å². The molecule has 0 aliphatic carbocycles. The first kappa shape index (κ1) is 28.0. The molecule has 0 aliphatic heterocycles. The second kappa shape index (κ2) is 12.2. The van der Waals surface area contributed by atoms with E-state index in [9.17, 15) is 14.9 Å². The molecule has 0 radical (unpaired) electrons. The third-order valence-corrected chi connectivity index (χ3v) is 7.41. The maximum absolute atomic E-state index is 13.7. The Morgan fingerprint density at radius 2 is 1.64 bits per heavy atom. The molecule has 196 valence electrons. The van der Waals surface area contributed by atoms with Gasteiger partial charge in [0.25, 0.3) is 0 Å². The Bertz CT molecular complexity index is 1500. The summed E-state index contributed by atoms with van der Waals surface area (Å²) in [5.41, 5.74) is 4.64. The Balaban J connectivity index is 1.67. The summed E-state index contributed by atoms with van der Waals surface area (Å²) in [6, 6.07) is 30.9. The number of nitrogens with one attached hydrogen (secondary N) is 1. The van der Waals surface area contributed by atoms with E-state index in [1.807, 2.05) is 80.6 Å². The van der Waals surface area contributed by atoms with Crippen LogP contribution < -0.4 is 5.32 Å². The molecular formula is C33H30ClFN4. The zero-order chi connectivity index (χ0) is 28.0. The van der Waals surface area contributed by atoms with Gasteiger partial charge < -0.3 is 5.32 Å². The maximum atomic E-state index is 13.7. The fourth-order valence-electron chi connectivity index (χ4n) is 4.91. The Hall–Kier alpha value is -4.03. The first-order valence-electron chi connectivity index (χ1n) is 12.8. The van der Waals surface area contributed by atoms with Gasteiger partial charge in [0.1, 0.15) is 0 Å². The molecule has 4 nitrogen and oxygen atoms in total. The van der Waals surface area contributed by atoms with Gasteiger partial charge in [0.2, 0.25) is 5.95 Å². The van der Waals surface area contributed by atoms with Crippen LogP contribution in [0.5, 0.6) is 0 Å². The predicted molar refractivity (Wildman–Crippen MR) is 153 cm³/mol. The first-order valence-corrected chi connectivity index (χ1v) is 13.2. The molecule has 0 saturated heterocycles. The number of hydrogen-bond donors (Lipinski definition) is 1. The van der Waals surface area contributed by atoms with Crippen LogP contribution in [0.4, 0.5) is 4.39 Å². The number of rotatable bonds is 9. The Morgan fingerprint density at radius 1 is 0.923 bits per heavy atom. The smallest absolute Gasteiger partial charge is 0.213 e. The molecule has 39 heavy (non-hydrogen) atoms. The third-order valence-electron chi connectivity index (χ3n) is 7.16. The summed E-state index contributed by atoms with van der Waals surface area (Å²) in [6.45, 7) is 5.97. The maximum Gasteiger partial charge on any atom is 0.213 e. The molecule has 0 spiro atoms. The van der Waals surface area contributed by atoms with Crippen LogP contribution in [0.1, 0.15) is 55.0 Å². The lowest BCUT2D eigenvalue weighted by molar-refractivity contribution is 0.281. The highest BCUT2D eigenvalue weighted by Gasteiger charge is 2.34. The van der Waals surface area contributed by atoms with Crippen molar-refractivity contribution < 1.29 is 4.39 Å². The van der Waals surface area contributed by atoms with Crippen molar-refractivity contribution >= 4 is 11.6 Å². The van der Waals surface area contributed by atoms with E-state index in [-0.39, 0.29) is 18.0 Å². The van der Waals surface area contributed by atoms with Crippen molar-refractivity contribution in [1.29, 1.82) is 10.5 Å². The molecule has 1 unspecified atom stereocenters. The number of pyridine rings is 1. The summed E-state index contributed by atoms with van der Waals surface area (Å²) < 4.78 is 13.7. The summed E-state index contributed by atoms with van der Waals surface area (Å²) in [5, 5.41) is 24.1. The molecule has 0 bridgehead atoms. The highest BCUT2D eigenvalue weighted by Crippen LogP contribution is 2.36. The fourth-order valence-corrected chi connectivity index (χ4v) is 5.04. The van der Waals surface area contributed by atoms with Crippen molar-refractivity contribution in [1.82, 2.24) is 10.3 Å². The van der Waals surface area contributed by atoms with Crippen molar-refractivity contribution in [3.05, 3.63) is 124 Å². The summed E-state index contributed by atoms with van der Waals surface area (Å²) >= 11 is 6.13. The minimum Gasteiger partial charge on any atom is -0.305 e. The Kier molecular flexibility index (Phi) is 8.77. The van der Waals surface area contributed by atoms with Gasteiger partial charge in [-0.25, -0.2) is 4.98 Å². The molecule has 0 saturated carbocycles. The van der Waals surface area contributed by atoms with E-state index in [1.54, 1.807) is 12.1 Å². The lowest BCUT2D eigenvalue weighted by Crippen LogP contribution is -2.42. The van der Waals surface area contributed by atoms with Crippen LogP contribution in [0.25, 0.3) is 11.1 Å². The van der Waals surface area contributed by atoms with Gasteiger partial charge >= 0.3 is 0 Å². The highest BCUT2D eigenvalue weighted by atomic mass is 35.5. The third kappa shape index (κ3) is 6.89. The Morgan fingerprint density at radius 3 is 2.28 bits per heavy atom. The van der Waals surface area contributed by atoms with Crippen LogP contribution >= 0.6 is 11.6 Å². The second-order valence-corrected chi connectivity index (χ2v) is 10.8. The van der Waals surface area contributed by atoms with Crippen LogP contribution in [0.3, 0.4) is 0 Å². The van der Waals surface area contributed by atoms with Crippen molar-refractivity contribution in [2.24, 2.45) is 5.41 Å². The van der Waals surface area contributed by atoms with E-state index in [0.29, 0.717) is 10.6 Å². The SMILES string of the molecule is C[C@H](NC(c1ccc(-c2ccnc(F)c2)cc1)C(C)(C)C#N)[C@@H](Cc1ccc(Cl)cc1)c1cccc(C#N)c1. The zero-order valence-electron chi connectivity index (χ0n) is 22.2. The number of nitriles is 2. The standard InChI is InChI=1S/C33H30ClFN4/c1-22(30(18-23-7-13-29(34)14-8-23)28-6-4-5-24(17-28)20-36)39-32(33(2,3)21-37)26-11-9-25(10-12-26)27-15-16-38-31(35)19-27/h4-17,19,22,30,32,39H,18H2,1-3H3/t22-,30+,32?/m0/s1. The molecule has 1 aromatic heterocycles. The fraction of sp³-hybridized carbons (Fsp3) is 0.242. The average molecular weight is 537 g/mol. The predicted octanol–water partition coefficient (Wildman–Crippen LogP) is 8.01. The number of halogens is 2. The number of nitrogens with zero attached hydrogens (tertiary/aromatic N) is 3. The minimum atomic E-state index is -0.724. The second-order valence-electron chi connectivity index (χ2n) is 10.4. The van der Waals surface area contributed by atoms with Gasteiger partial charge in [-0.15, -0.1) is 0 Å². The van der Waals surface area contributed by atoms with Gasteiger partial charge in [0, 0.05) is 29.2 Å². The van der Waals surface area contributed by atoms with Crippen LogP contribution in [-0.4, -0.2) is 11.0 Å². The lowest BCUT2D eigenvalue weighted by atomic mass is 9.79. The van der Waals surface area contributed by atoms with Gasteiger partial charge in [0.05, 0.1) is 29.2 Å². The Labute approximate surface area is 234 Å². The normalized spacial score (nSPS) is 13.6. The molecule has 4 aromatic rings. The molecular weight excluding hydrogens is 507 g/mol. The zero-order valence-corrected chi connectivity index (χ0v) is 23.0. The van der Waals surface area contributed by atoms with Gasteiger partial charge in [-0.2, -0.15) is 14.9 Å². The average Bonchev–Trinajstić information content (AvgIpc) is 2.95. The van der Waals surface area contributed by atoms with Crippen molar-refractivity contribution in [3.63, 3.8) is 0 Å². The van der Waals surface area contributed by atoms with Crippen molar-refractivity contribution in [2.45, 2.75) is 45.2 Å². The highest BCUT2D eigenvalue weighted by molar-refractivity contribution is 6.30. The van der Waals surface area contributed by atoms with Crippen LogP contribution in [0.15, 0.2) is 91.1 Å². The summed E-state index contributed by atoms with van der Waals surface area (Å²) in [5.74, 6) is -0.502. The molecule has 1 N–H and O–H groups in total. The van der Waals surface area contributed by atoms with Crippen LogP contribution in [0.2, 0.25) is 5.02 Å². The van der Waals surface area contributed by atoms with E-state index < -0.39 is 11.4 Å². The van der Waals surface area contributed by atoms with E-state index in [1.165, 1.54) is 12.3 Å². The molecule has 4 rings (SSSR count). The minimum absolute atomic E-state index is 0.0236. The van der Waals surface area contributed by atoms with E-state index >= 15 is 0 Å². The molecule has 3 aromatic carbocycles. The summed E-state index contributed by atoms with van der Waals surface area (Å²) in [6.07, 6.45) is 2.18. The number of benzene rings is 3. The van der Waals surface area contributed by atoms with Crippen LogP contribution in [0, 0.1) is 34.0 Å².